The van der Waals surface area contributed by atoms with Crippen LogP contribution in [-0.2, 0) is 4.79 Å². The van der Waals surface area contributed by atoms with Crippen molar-refractivity contribution >= 4 is 11.6 Å². The molecule has 0 saturated heterocycles. The molecule has 1 N–H and O–H groups in total. The van der Waals surface area contributed by atoms with Gasteiger partial charge in [0.1, 0.15) is 11.5 Å². The summed E-state index contributed by atoms with van der Waals surface area (Å²) >= 11 is 0. The van der Waals surface area contributed by atoms with Crippen molar-refractivity contribution in [3.8, 4) is 17.5 Å². The molecule has 0 spiro atoms. The summed E-state index contributed by atoms with van der Waals surface area (Å²) in [5, 5.41) is 2.81. The van der Waals surface area contributed by atoms with E-state index in [4.69, 9.17) is 9.47 Å². The number of nitrogens with zero attached hydrogens (tertiary/aromatic N) is 2. The lowest BCUT2D eigenvalue weighted by molar-refractivity contribution is -0.118. The molecule has 0 unspecified atom stereocenters. The second kappa shape index (κ2) is 8.52. The fourth-order valence-electron chi connectivity index (χ4n) is 2.70. The number of carbonyl (C=O) groups is 1. The molecule has 0 fully saturated rings. The van der Waals surface area contributed by atoms with E-state index in [0.29, 0.717) is 17.2 Å². The smallest absolute Gasteiger partial charge is 0.322 e. The lowest BCUT2D eigenvalue weighted by Gasteiger charge is -2.11. The molecule has 1 aromatic heterocycles. The Bertz CT molecular complexity index is 982. The topological polar surface area (TPSA) is 73.3 Å². The molecule has 0 saturated carbocycles. The maximum atomic E-state index is 12.2. The summed E-state index contributed by atoms with van der Waals surface area (Å²) in [4.78, 5) is 20.8. The van der Waals surface area contributed by atoms with Crippen LogP contribution in [0.1, 0.15) is 22.5 Å². The molecular formula is C22H23N3O3. The normalized spacial score (nSPS) is 10.4. The Labute approximate surface area is 164 Å². The van der Waals surface area contributed by atoms with Gasteiger partial charge >= 0.3 is 6.01 Å². The minimum atomic E-state index is -0.249. The predicted molar refractivity (Wildman–Crippen MR) is 108 cm³/mol. The first-order valence-electron chi connectivity index (χ1n) is 9.00. The Balaban J connectivity index is 1.62. The van der Waals surface area contributed by atoms with E-state index >= 15 is 0 Å². The molecule has 144 valence electrons. The molecule has 0 atom stereocenters. The van der Waals surface area contributed by atoms with Gasteiger partial charge in [-0.15, -0.1) is 0 Å². The summed E-state index contributed by atoms with van der Waals surface area (Å²) in [7, 11) is 0. The van der Waals surface area contributed by atoms with Crippen molar-refractivity contribution in [2.24, 2.45) is 0 Å². The minimum absolute atomic E-state index is 0.0738. The average molecular weight is 377 g/mol. The molecule has 0 aliphatic heterocycles. The number of anilines is 1. The van der Waals surface area contributed by atoms with E-state index in [1.54, 1.807) is 24.3 Å². The summed E-state index contributed by atoms with van der Waals surface area (Å²) in [5.41, 5.74) is 4.41. The maximum Gasteiger partial charge on any atom is 0.322 e. The van der Waals surface area contributed by atoms with E-state index < -0.39 is 0 Å². The Morgan fingerprint density at radius 2 is 1.68 bits per heavy atom. The highest BCUT2D eigenvalue weighted by molar-refractivity contribution is 5.92. The zero-order valence-corrected chi connectivity index (χ0v) is 16.4. The van der Waals surface area contributed by atoms with Gasteiger partial charge in [-0.1, -0.05) is 18.2 Å². The van der Waals surface area contributed by atoms with Crippen molar-refractivity contribution < 1.29 is 14.3 Å². The van der Waals surface area contributed by atoms with Gasteiger partial charge in [0.25, 0.3) is 5.91 Å². The Hall–Kier alpha value is -3.41. The zero-order chi connectivity index (χ0) is 20.1. The van der Waals surface area contributed by atoms with Crippen LogP contribution in [0.25, 0.3) is 0 Å². The van der Waals surface area contributed by atoms with E-state index in [2.05, 4.69) is 15.3 Å². The molecule has 3 rings (SSSR count). The number of amides is 1. The second-order valence-electron chi connectivity index (χ2n) is 6.60. The molecule has 1 heterocycles. The first kappa shape index (κ1) is 19.4. The van der Waals surface area contributed by atoms with Gasteiger partial charge < -0.3 is 14.8 Å². The van der Waals surface area contributed by atoms with Crippen molar-refractivity contribution in [3.05, 3.63) is 71.0 Å². The van der Waals surface area contributed by atoms with Crippen molar-refractivity contribution in [2.75, 3.05) is 11.9 Å². The van der Waals surface area contributed by atoms with Crippen LogP contribution in [0.15, 0.2) is 48.5 Å². The molecule has 0 bridgehead atoms. The predicted octanol–water partition coefficient (Wildman–Crippen LogP) is 4.52. The molecule has 6 nitrogen and oxygen atoms in total. The number of aromatic nitrogens is 2. The van der Waals surface area contributed by atoms with Crippen LogP contribution < -0.4 is 14.8 Å². The van der Waals surface area contributed by atoms with Crippen LogP contribution in [0.5, 0.6) is 17.5 Å². The van der Waals surface area contributed by atoms with E-state index in [9.17, 15) is 4.79 Å². The fraction of sp³-hybridized carbons (Fsp3) is 0.227. The average Bonchev–Trinajstić information content (AvgIpc) is 2.62. The third-order valence-corrected chi connectivity index (χ3v) is 4.20. The summed E-state index contributed by atoms with van der Waals surface area (Å²) in [6, 6.07) is 15.0. The molecule has 3 aromatic rings. The SMILES string of the molecule is Cc1cc(C)nc(Oc2cccc(NC(=O)COc3cccc(C)c3C)c2)n1. The summed E-state index contributed by atoms with van der Waals surface area (Å²) in [5.74, 6) is 0.998. The number of carbonyl (C=O) groups excluding carboxylic acids is 1. The number of aryl methyl sites for hydroxylation is 3. The number of benzene rings is 2. The largest absolute Gasteiger partial charge is 0.483 e. The van der Waals surface area contributed by atoms with Crippen LogP contribution in [0.3, 0.4) is 0 Å². The molecule has 0 aliphatic rings. The first-order valence-corrected chi connectivity index (χ1v) is 9.00. The van der Waals surface area contributed by atoms with Crippen molar-refractivity contribution in [1.82, 2.24) is 9.97 Å². The van der Waals surface area contributed by atoms with Crippen molar-refractivity contribution in [2.45, 2.75) is 27.7 Å². The first-order chi connectivity index (χ1) is 13.4. The monoisotopic (exact) mass is 377 g/mol. The van der Waals surface area contributed by atoms with Crippen LogP contribution in [0.2, 0.25) is 0 Å². The van der Waals surface area contributed by atoms with Crippen LogP contribution in [0, 0.1) is 27.7 Å². The highest BCUT2D eigenvalue weighted by Gasteiger charge is 2.08. The molecular weight excluding hydrogens is 354 g/mol. The molecule has 2 aromatic carbocycles. The number of rotatable bonds is 6. The third kappa shape index (κ3) is 5.07. The molecule has 1 amide bonds. The molecule has 0 aliphatic carbocycles. The Morgan fingerprint density at radius 3 is 2.43 bits per heavy atom. The third-order valence-electron chi connectivity index (χ3n) is 4.20. The van der Waals surface area contributed by atoms with Crippen LogP contribution >= 0.6 is 0 Å². The van der Waals surface area contributed by atoms with Gasteiger partial charge in [0, 0.05) is 23.1 Å². The molecule has 6 heteroatoms. The number of hydrogen-bond donors (Lipinski definition) is 1. The van der Waals surface area contributed by atoms with Crippen LogP contribution in [0.4, 0.5) is 5.69 Å². The van der Waals surface area contributed by atoms with Gasteiger partial charge in [-0.3, -0.25) is 4.79 Å². The standard InChI is InChI=1S/C22H23N3O3/c1-14-7-5-10-20(17(14)4)27-13-21(26)25-18-8-6-9-19(12-18)28-22-23-15(2)11-16(3)24-22/h5-12H,13H2,1-4H3,(H,25,26). The highest BCUT2D eigenvalue weighted by atomic mass is 16.5. The molecule has 28 heavy (non-hydrogen) atoms. The van der Waals surface area contributed by atoms with E-state index in [1.165, 1.54) is 0 Å². The van der Waals surface area contributed by atoms with Gasteiger partial charge in [0.15, 0.2) is 6.61 Å². The van der Waals surface area contributed by atoms with Crippen molar-refractivity contribution in [3.63, 3.8) is 0 Å². The maximum absolute atomic E-state index is 12.2. The minimum Gasteiger partial charge on any atom is -0.483 e. The van der Waals surface area contributed by atoms with E-state index in [0.717, 1.165) is 22.5 Å². The van der Waals surface area contributed by atoms with Crippen LogP contribution in [-0.4, -0.2) is 22.5 Å². The Morgan fingerprint density at radius 1 is 0.964 bits per heavy atom. The second-order valence-corrected chi connectivity index (χ2v) is 6.60. The number of ether oxygens (including phenoxy) is 2. The summed E-state index contributed by atoms with van der Waals surface area (Å²) < 4.78 is 11.4. The quantitative estimate of drug-likeness (QED) is 0.684. The lowest BCUT2D eigenvalue weighted by Crippen LogP contribution is -2.20. The van der Waals surface area contributed by atoms with Gasteiger partial charge in [-0.25, -0.2) is 9.97 Å². The lowest BCUT2D eigenvalue weighted by atomic mass is 10.1. The van der Waals surface area contributed by atoms with Gasteiger partial charge in [0.2, 0.25) is 0 Å². The molecule has 0 radical (unpaired) electrons. The van der Waals surface area contributed by atoms with Gasteiger partial charge in [-0.2, -0.15) is 0 Å². The van der Waals surface area contributed by atoms with E-state index in [1.807, 2.05) is 52.0 Å². The fourth-order valence-corrected chi connectivity index (χ4v) is 2.70. The zero-order valence-electron chi connectivity index (χ0n) is 16.4. The van der Waals surface area contributed by atoms with Gasteiger partial charge in [-0.05, 0) is 63.1 Å². The van der Waals surface area contributed by atoms with Gasteiger partial charge in [0.05, 0.1) is 0 Å². The number of hydrogen-bond acceptors (Lipinski definition) is 5. The summed E-state index contributed by atoms with van der Waals surface area (Å²) in [6.45, 7) is 7.67. The van der Waals surface area contributed by atoms with Crippen molar-refractivity contribution in [1.29, 1.82) is 0 Å². The number of nitrogens with one attached hydrogen (secondary N) is 1. The highest BCUT2D eigenvalue weighted by Crippen LogP contribution is 2.23. The van der Waals surface area contributed by atoms with E-state index in [-0.39, 0.29) is 18.5 Å². The summed E-state index contributed by atoms with van der Waals surface area (Å²) in [6.07, 6.45) is 0. The Kier molecular flexibility index (Phi) is 5.89.